The fraction of sp³-hybridized carbons (Fsp3) is 0.818. The quantitative estimate of drug-likeness (QED) is 0.538. The third kappa shape index (κ3) is 1.66. The Balaban J connectivity index is 3.08. The predicted octanol–water partition coefficient (Wildman–Crippen LogP) is 4.00. The van der Waals surface area contributed by atoms with Crippen LogP contribution < -0.4 is 0 Å². The Morgan fingerprint density at radius 1 is 1.17 bits per heavy atom. The van der Waals surface area contributed by atoms with Crippen molar-refractivity contribution in [2.45, 2.75) is 53.3 Å². The summed E-state index contributed by atoms with van der Waals surface area (Å²) < 4.78 is 0. The van der Waals surface area contributed by atoms with E-state index in [1.165, 1.54) is 12.8 Å². The molecule has 12 heavy (non-hydrogen) atoms. The molecule has 0 aromatic rings. The SMILES string of the molecule is CC1=C([Si](C)(C)C)C(C)(C)CC1. The van der Waals surface area contributed by atoms with Crippen LogP contribution in [0.5, 0.6) is 0 Å². The van der Waals surface area contributed by atoms with Crippen LogP contribution in [0.4, 0.5) is 0 Å². The Hall–Kier alpha value is -0.0431. The van der Waals surface area contributed by atoms with Crippen LogP contribution in [0.15, 0.2) is 10.8 Å². The van der Waals surface area contributed by atoms with Gasteiger partial charge in [0.25, 0.3) is 0 Å². The minimum atomic E-state index is -1.04. The Kier molecular flexibility index (Phi) is 2.28. The van der Waals surface area contributed by atoms with Gasteiger partial charge in [0.05, 0.1) is 8.07 Å². The van der Waals surface area contributed by atoms with Crippen molar-refractivity contribution in [1.82, 2.24) is 0 Å². The number of allylic oxidation sites excluding steroid dienone is 2. The standard InChI is InChI=1S/C11H22Si/c1-9-7-8-11(2,3)10(9)12(4,5)6/h7-8H2,1-6H3. The van der Waals surface area contributed by atoms with Gasteiger partial charge in [-0.25, -0.2) is 0 Å². The molecule has 0 aliphatic heterocycles. The largest absolute Gasteiger partial charge is 0.0774 e. The second-order valence-corrected chi connectivity index (χ2v) is 10.8. The van der Waals surface area contributed by atoms with E-state index in [9.17, 15) is 0 Å². The number of hydrogen-bond acceptors (Lipinski definition) is 0. The van der Waals surface area contributed by atoms with Crippen LogP contribution in [0, 0.1) is 5.41 Å². The van der Waals surface area contributed by atoms with Crippen molar-refractivity contribution in [2.75, 3.05) is 0 Å². The van der Waals surface area contributed by atoms with Crippen molar-refractivity contribution < 1.29 is 0 Å². The van der Waals surface area contributed by atoms with Gasteiger partial charge in [-0.3, -0.25) is 0 Å². The minimum absolute atomic E-state index is 0.508. The molecule has 0 atom stereocenters. The van der Waals surface area contributed by atoms with Gasteiger partial charge in [0.1, 0.15) is 0 Å². The van der Waals surface area contributed by atoms with E-state index < -0.39 is 8.07 Å². The smallest absolute Gasteiger partial charge is 0.0730 e. The van der Waals surface area contributed by atoms with Crippen LogP contribution in [0.1, 0.15) is 33.6 Å². The van der Waals surface area contributed by atoms with Crippen molar-refractivity contribution >= 4 is 8.07 Å². The van der Waals surface area contributed by atoms with E-state index >= 15 is 0 Å². The zero-order valence-electron chi connectivity index (χ0n) is 9.41. The minimum Gasteiger partial charge on any atom is -0.0774 e. The summed E-state index contributed by atoms with van der Waals surface area (Å²) in [5.41, 5.74) is 2.20. The highest BCUT2D eigenvalue weighted by atomic mass is 28.3. The summed E-state index contributed by atoms with van der Waals surface area (Å²) in [7, 11) is -1.04. The van der Waals surface area contributed by atoms with Gasteiger partial charge in [0, 0.05) is 0 Å². The molecule has 0 unspecified atom stereocenters. The molecule has 0 aromatic carbocycles. The molecule has 0 saturated heterocycles. The second kappa shape index (κ2) is 2.73. The van der Waals surface area contributed by atoms with Crippen LogP contribution in [-0.4, -0.2) is 8.07 Å². The Morgan fingerprint density at radius 2 is 1.67 bits per heavy atom. The summed E-state index contributed by atoms with van der Waals surface area (Å²) in [4.78, 5) is 0. The number of rotatable bonds is 1. The van der Waals surface area contributed by atoms with E-state index in [0.717, 1.165) is 0 Å². The highest BCUT2D eigenvalue weighted by Crippen LogP contribution is 2.46. The van der Waals surface area contributed by atoms with E-state index in [1.807, 2.05) is 5.20 Å². The Bertz CT molecular complexity index is 216. The first-order chi connectivity index (χ1) is 5.25. The maximum absolute atomic E-state index is 2.47. The third-order valence-electron chi connectivity index (χ3n) is 2.98. The number of hydrogen-bond donors (Lipinski definition) is 0. The molecule has 0 amide bonds. The third-order valence-corrected chi connectivity index (χ3v) is 5.58. The van der Waals surface area contributed by atoms with Crippen molar-refractivity contribution in [3.8, 4) is 0 Å². The topological polar surface area (TPSA) is 0 Å². The lowest BCUT2D eigenvalue weighted by molar-refractivity contribution is 0.457. The Labute approximate surface area is 78.1 Å². The average Bonchev–Trinajstić information content (AvgIpc) is 2.03. The van der Waals surface area contributed by atoms with Crippen LogP contribution in [0.2, 0.25) is 19.6 Å². The molecule has 0 bridgehead atoms. The monoisotopic (exact) mass is 182 g/mol. The van der Waals surface area contributed by atoms with Gasteiger partial charge in [-0.15, -0.1) is 0 Å². The molecule has 0 heterocycles. The molecular weight excluding hydrogens is 160 g/mol. The van der Waals surface area contributed by atoms with Crippen LogP contribution in [0.25, 0.3) is 0 Å². The summed E-state index contributed by atoms with van der Waals surface area (Å²) in [5.74, 6) is 0. The molecule has 1 rings (SSSR count). The van der Waals surface area contributed by atoms with E-state index in [-0.39, 0.29) is 0 Å². The fourth-order valence-electron chi connectivity index (χ4n) is 2.98. The van der Waals surface area contributed by atoms with Crippen molar-refractivity contribution in [3.63, 3.8) is 0 Å². The van der Waals surface area contributed by atoms with Crippen LogP contribution in [-0.2, 0) is 0 Å². The van der Waals surface area contributed by atoms with Crippen LogP contribution in [0.3, 0.4) is 0 Å². The molecule has 1 aliphatic carbocycles. The summed E-state index contributed by atoms with van der Waals surface area (Å²) in [6.07, 6.45) is 2.71. The van der Waals surface area contributed by atoms with E-state index in [1.54, 1.807) is 5.57 Å². The van der Waals surface area contributed by atoms with Crippen molar-refractivity contribution in [2.24, 2.45) is 5.41 Å². The lowest BCUT2D eigenvalue weighted by Gasteiger charge is -2.32. The normalized spacial score (nSPS) is 23.5. The molecule has 0 N–H and O–H groups in total. The van der Waals surface area contributed by atoms with Gasteiger partial charge in [0.15, 0.2) is 0 Å². The zero-order valence-corrected chi connectivity index (χ0v) is 10.4. The summed E-state index contributed by atoms with van der Waals surface area (Å²) >= 11 is 0. The molecule has 0 fully saturated rings. The lowest BCUT2D eigenvalue weighted by Crippen LogP contribution is -2.32. The van der Waals surface area contributed by atoms with Gasteiger partial charge in [0.2, 0.25) is 0 Å². The van der Waals surface area contributed by atoms with Gasteiger partial charge in [-0.1, -0.05) is 44.3 Å². The summed E-state index contributed by atoms with van der Waals surface area (Å²) in [5, 5.41) is 1.83. The van der Waals surface area contributed by atoms with Crippen molar-refractivity contribution in [1.29, 1.82) is 0 Å². The lowest BCUT2D eigenvalue weighted by atomic mass is 9.93. The van der Waals surface area contributed by atoms with Crippen molar-refractivity contribution in [3.05, 3.63) is 10.8 Å². The molecule has 0 aromatic heterocycles. The molecule has 0 saturated carbocycles. The van der Waals surface area contributed by atoms with Gasteiger partial charge in [-0.2, -0.15) is 0 Å². The maximum atomic E-state index is 2.47. The first kappa shape index (κ1) is 10.0. The molecular formula is C11H22Si. The maximum Gasteiger partial charge on any atom is 0.0730 e. The van der Waals surface area contributed by atoms with Gasteiger partial charge >= 0.3 is 0 Å². The first-order valence-corrected chi connectivity index (χ1v) is 8.46. The van der Waals surface area contributed by atoms with Crippen LogP contribution >= 0.6 is 0 Å². The Morgan fingerprint density at radius 3 is 1.83 bits per heavy atom. The van der Waals surface area contributed by atoms with E-state index in [2.05, 4.69) is 40.4 Å². The molecule has 0 radical (unpaired) electrons. The highest BCUT2D eigenvalue weighted by Gasteiger charge is 2.37. The molecule has 0 spiro atoms. The van der Waals surface area contributed by atoms with E-state index in [4.69, 9.17) is 0 Å². The zero-order chi connectivity index (χ0) is 9.57. The molecule has 70 valence electrons. The molecule has 0 nitrogen and oxygen atoms in total. The summed E-state index contributed by atoms with van der Waals surface area (Å²) in [6.45, 7) is 14.6. The van der Waals surface area contributed by atoms with Gasteiger partial charge in [-0.05, 0) is 25.2 Å². The van der Waals surface area contributed by atoms with E-state index in [0.29, 0.717) is 5.41 Å². The molecule has 1 aliphatic rings. The highest BCUT2D eigenvalue weighted by molar-refractivity contribution is 6.83. The average molecular weight is 182 g/mol. The fourth-order valence-corrected chi connectivity index (χ4v) is 6.54. The molecule has 1 heteroatoms. The van der Waals surface area contributed by atoms with Gasteiger partial charge < -0.3 is 0 Å². The second-order valence-electron chi connectivity index (χ2n) is 5.79. The first-order valence-electron chi connectivity index (χ1n) is 4.96. The summed E-state index contributed by atoms with van der Waals surface area (Å²) in [6, 6.07) is 0. The predicted molar refractivity (Wildman–Crippen MR) is 59.1 cm³/mol.